The van der Waals surface area contributed by atoms with Crippen LogP contribution in [-0.2, 0) is 19.8 Å². The average molecular weight is 393 g/mol. The van der Waals surface area contributed by atoms with Gasteiger partial charge < -0.3 is 4.57 Å². The molecule has 10 heteroatoms. The molecule has 0 fully saturated rings. The van der Waals surface area contributed by atoms with Gasteiger partial charge in [-0.05, 0) is 17.2 Å². The van der Waals surface area contributed by atoms with E-state index in [0.29, 0.717) is 17.8 Å². The summed E-state index contributed by atoms with van der Waals surface area (Å²) in [7, 11) is 1.32. The number of halogens is 4. The zero-order valence-electron chi connectivity index (χ0n) is 13.9. The Morgan fingerprint density at radius 1 is 1.07 bits per heavy atom. The third-order valence-electron chi connectivity index (χ3n) is 4.06. The molecule has 0 saturated carbocycles. The maximum Gasteiger partial charge on any atom is 0.449 e. The van der Waals surface area contributed by atoms with E-state index in [9.17, 15) is 13.2 Å². The van der Waals surface area contributed by atoms with Crippen LogP contribution in [0, 0.1) is 0 Å². The molecular formula is C17H12ClF3N6. The van der Waals surface area contributed by atoms with E-state index < -0.39 is 12.0 Å². The van der Waals surface area contributed by atoms with E-state index in [1.54, 1.807) is 29.2 Å². The summed E-state index contributed by atoms with van der Waals surface area (Å²) < 4.78 is 41.3. The summed E-state index contributed by atoms with van der Waals surface area (Å²) in [5.41, 5.74) is 2.38. The minimum Gasteiger partial charge on any atom is -0.330 e. The van der Waals surface area contributed by atoms with Crippen LogP contribution >= 0.6 is 11.6 Å². The lowest BCUT2D eigenvalue weighted by atomic mass is 10.1. The predicted molar refractivity (Wildman–Crippen MR) is 93.1 cm³/mol. The monoisotopic (exact) mass is 392 g/mol. The van der Waals surface area contributed by atoms with Crippen LogP contribution in [0.1, 0.15) is 11.4 Å². The maximum absolute atomic E-state index is 12.9. The van der Waals surface area contributed by atoms with Gasteiger partial charge in [0.25, 0.3) is 0 Å². The molecule has 27 heavy (non-hydrogen) atoms. The van der Waals surface area contributed by atoms with Gasteiger partial charge in [0.1, 0.15) is 0 Å². The van der Waals surface area contributed by atoms with E-state index >= 15 is 0 Å². The molecule has 6 nitrogen and oxygen atoms in total. The van der Waals surface area contributed by atoms with Crippen LogP contribution in [0.15, 0.2) is 42.9 Å². The molecule has 4 rings (SSSR count). The topological polar surface area (TPSA) is 61.4 Å². The standard InChI is InChI=1S/C17H12ClF3N6/c1-26-9-13(24-15(26)17(19,20)21)11-4-2-10(3-5-11)8-27-14-12(7-23-27)6-22-16(18)25-14/h2-7,9H,8H2,1H3. The van der Waals surface area contributed by atoms with Gasteiger partial charge in [-0.1, -0.05) is 24.3 Å². The summed E-state index contributed by atoms with van der Waals surface area (Å²) >= 11 is 5.83. The highest BCUT2D eigenvalue weighted by Gasteiger charge is 2.36. The first kappa shape index (κ1) is 17.5. The molecule has 1 aromatic carbocycles. The van der Waals surface area contributed by atoms with Crippen molar-refractivity contribution in [2.45, 2.75) is 12.7 Å². The van der Waals surface area contributed by atoms with E-state index in [2.05, 4.69) is 20.1 Å². The third kappa shape index (κ3) is 3.37. The molecule has 0 aliphatic rings. The van der Waals surface area contributed by atoms with Crippen LogP contribution in [0.5, 0.6) is 0 Å². The molecule has 0 aliphatic heterocycles. The van der Waals surface area contributed by atoms with Crippen LogP contribution in [0.3, 0.4) is 0 Å². The third-order valence-corrected chi connectivity index (χ3v) is 4.24. The van der Waals surface area contributed by atoms with Crippen molar-refractivity contribution >= 4 is 22.6 Å². The van der Waals surface area contributed by atoms with Crippen LogP contribution < -0.4 is 0 Å². The molecule has 0 N–H and O–H groups in total. The largest absolute Gasteiger partial charge is 0.449 e. The van der Waals surface area contributed by atoms with E-state index in [1.807, 2.05) is 12.1 Å². The Bertz CT molecular complexity index is 1110. The van der Waals surface area contributed by atoms with Gasteiger partial charge in [0.2, 0.25) is 11.1 Å². The first-order valence-corrected chi connectivity index (χ1v) is 8.23. The molecule has 3 heterocycles. The van der Waals surface area contributed by atoms with Crippen molar-refractivity contribution in [1.29, 1.82) is 0 Å². The lowest BCUT2D eigenvalue weighted by Gasteiger charge is -2.05. The molecule has 0 bridgehead atoms. The number of aryl methyl sites for hydroxylation is 1. The highest BCUT2D eigenvalue weighted by atomic mass is 35.5. The van der Waals surface area contributed by atoms with Gasteiger partial charge in [0.15, 0.2) is 5.65 Å². The van der Waals surface area contributed by atoms with Crippen LogP contribution in [0.4, 0.5) is 13.2 Å². The average Bonchev–Trinajstić information content (AvgIpc) is 3.19. The number of aromatic nitrogens is 6. The zero-order chi connectivity index (χ0) is 19.2. The lowest BCUT2D eigenvalue weighted by molar-refractivity contribution is -0.146. The molecule has 0 spiro atoms. The highest BCUT2D eigenvalue weighted by Crippen LogP contribution is 2.30. The summed E-state index contributed by atoms with van der Waals surface area (Å²) in [6, 6.07) is 7.08. The summed E-state index contributed by atoms with van der Waals surface area (Å²) in [5, 5.41) is 5.17. The number of benzene rings is 1. The fraction of sp³-hybridized carbons (Fsp3) is 0.176. The van der Waals surface area contributed by atoms with Gasteiger partial charge in [0.05, 0.1) is 23.8 Å². The van der Waals surface area contributed by atoms with Crippen molar-refractivity contribution in [1.82, 2.24) is 29.3 Å². The number of hydrogen-bond acceptors (Lipinski definition) is 4. The lowest BCUT2D eigenvalue weighted by Crippen LogP contribution is -2.12. The van der Waals surface area contributed by atoms with Crippen molar-refractivity contribution in [3.05, 3.63) is 59.5 Å². The van der Waals surface area contributed by atoms with Gasteiger partial charge in [0, 0.05) is 25.0 Å². The van der Waals surface area contributed by atoms with Gasteiger partial charge >= 0.3 is 6.18 Å². The van der Waals surface area contributed by atoms with Crippen molar-refractivity contribution in [3.63, 3.8) is 0 Å². The van der Waals surface area contributed by atoms with E-state index in [0.717, 1.165) is 15.5 Å². The quantitative estimate of drug-likeness (QED) is 0.495. The normalized spacial score (nSPS) is 12.0. The zero-order valence-corrected chi connectivity index (χ0v) is 14.7. The molecule has 4 aromatic rings. The number of imidazole rings is 1. The summed E-state index contributed by atoms with van der Waals surface area (Å²) in [6.07, 6.45) is 0.109. The van der Waals surface area contributed by atoms with Crippen LogP contribution in [-0.4, -0.2) is 29.3 Å². The maximum atomic E-state index is 12.9. The Labute approximate surface area is 156 Å². The number of fused-ring (bicyclic) bond motifs is 1. The van der Waals surface area contributed by atoms with Gasteiger partial charge in [-0.25, -0.2) is 14.6 Å². The minimum absolute atomic E-state index is 0.134. The summed E-state index contributed by atoms with van der Waals surface area (Å²) in [6.45, 7) is 0.438. The second-order valence-corrected chi connectivity index (χ2v) is 6.31. The smallest absolute Gasteiger partial charge is 0.330 e. The number of nitrogens with zero attached hydrogens (tertiary/aromatic N) is 6. The second kappa shape index (κ2) is 6.34. The molecule has 0 saturated heterocycles. The number of rotatable bonds is 3. The molecule has 3 aromatic heterocycles. The molecule has 0 unspecified atom stereocenters. The van der Waals surface area contributed by atoms with Crippen molar-refractivity contribution in [2.75, 3.05) is 0 Å². The fourth-order valence-corrected chi connectivity index (χ4v) is 2.91. The Balaban J connectivity index is 1.60. The highest BCUT2D eigenvalue weighted by molar-refractivity contribution is 6.28. The van der Waals surface area contributed by atoms with Crippen LogP contribution in [0.25, 0.3) is 22.3 Å². The first-order valence-electron chi connectivity index (χ1n) is 7.85. The van der Waals surface area contributed by atoms with E-state index in [4.69, 9.17) is 11.6 Å². The Morgan fingerprint density at radius 2 is 1.81 bits per heavy atom. The van der Waals surface area contributed by atoms with E-state index in [1.165, 1.54) is 13.2 Å². The molecular weight excluding hydrogens is 381 g/mol. The van der Waals surface area contributed by atoms with Gasteiger partial charge in [-0.15, -0.1) is 0 Å². The number of hydrogen-bond donors (Lipinski definition) is 0. The molecule has 138 valence electrons. The second-order valence-electron chi connectivity index (χ2n) is 5.98. The Kier molecular flexibility index (Phi) is 4.11. The first-order chi connectivity index (χ1) is 12.8. The SMILES string of the molecule is Cn1cc(-c2ccc(Cn3ncc4cnc(Cl)nc43)cc2)nc1C(F)(F)F. The summed E-state index contributed by atoms with van der Waals surface area (Å²) in [5.74, 6) is -0.929. The number of alkyl halides is 3. The van der Waals surface area contributed by atoms with E-state index in [-0.39, 0.29) is 11.0 Å². The van der Waals surface area contributed by atoms with Crippen molar-refractivity contribution in [3.8, 4) is 11.3 Å². The predicted octanol–water partition coefficient (Wildman–Crippen LogP) is 3.95. The molecule has 0 radical (unpaired) electrons. The minimum atomic E-state index is -4.49. The van der Waals surface area contributed by atoms with Crippen LogP contribution in [0.2, 0.25) is 5.28 Å². The molecule has 0 aliphatic carbocycles. The molecule has 0 atom stereocenters. The Hall–Kier alpha value is -2.94. The Morgan fingerprint density at radius 3 is 2.48 bits per heavy atom. The van der Waals surface area contributed by atoms with Gasteiger partial charge in [-0.2, -0.15) is 23.3 Å². The van der Waals surface area contributed by atoms with Crippen molar-refractivity contribution < 1.29 is 13.2 Å². The summed E-state index contributed by atoms with van der Waals surface area (Å²) in [4.78, 5) is 11.8. The fourth-order valence-electron chi connectivity index (χ4n) is 2.78. The van der Waals surface area contributed by atoms with Gasteiger partial charge in [-0.3, -0.25) is 0 Å². The molecule has 0 amide bonds. The van der Waals surface area contributed by atoms with Crippen molar-refractivity contribution in [2.24, 2.45) is 7.05 Å².